The first kappa shape index (κ1) is 17.8. The van der Waals surface area contributed by atoms with Gasteiger partial charge in [0, 0.05) is 24.8 Å². The van der Waals surface area contributed by atoms with Crippen LogP contribution in [0.3, 0.4) is 0 Å². The van der Waals surface area contributed by atoms with Gasteiger partial charge < -0.3 is 10.4 Å². The summed E-state index contributed by atoms with van der Waals surface area (Å²) in [7, 11) is 0. The van der Waals surface area contributed by atoms with Crippen molar-refractivity contribution in [3.63, 3.8) is 0 Å². The molecule has 0 bridgehead atoms. The Labute approximate surface area is 130 Å². The van der Waals surface area contributed by atoms with Gasteiger partial charge in [0.15, 0.2) is 0 Å². The number of aliphatic hydroxyl groups is 1. The Balaban J connectivity index is 2.58. The van der Waals surface area contributed by atoms with Crippen molar-refractivity contribution < 1.29 is 14.8 Å². The van der Waals surface area contributed by atoms with E-state index in [0.29, 0.717) is 18.5 Å². The van der Waals surface area contributed by atoms with Crippen molar-refractivity contribution in [2.75, 3.05) is 6.54 Å². The molecule has 0 fully saturated rings. The number of benzene rings is 1. The highest BCUT2D eigenvalue weighted by Gasteiger charge is 2.20. The van der Waals surface area contributed by atoms with Crippen molar-refractivity contribution >= 4 is 17.7 Å². The van der Waals surface area contributed by atoms with Gasteiger partial charge in [-0.2, -0.15) is 0 Å². The van der Waals surface area contributed by atoms with E-state index in [2.05, 4.69) is 5.32 Å². The van der Waals surface area contributed by atoms with Crippen LogP contribution in [0.1, 0.15) is 32.8 Å². The van der Waals surface area contributed by atoms with E-state index in [0.717, 1.165) is 0 Å². The molecule has 0 saturated heterocycles. The summed E-state index contributed by atoms with van der Waals surface area (Å²) >= 11 is 0. The van der Waals surface area contributed by atoms with Crippen LogP contribution < -0.4 is 5.32 Å². The Bertz CT molecular complexity index is 565. The minimum absolute atomic E-state index is 0.0133. The molecule has 0 saturated carbocycles. The summed E-state index contributed by atoms with van der Waals surface area (Å²) in [5.41, 5.74) is 0.372. The Kier molecular flexibility index (Phi) is 6.24. The lowest BCUT2D eigenvalue weighted by atomic mass is 9.87. The molecule has 6 heteroatoms. The van der Waals surface area contributed by atoms with Gasteiger partial charge in [-0.15, -0.1) is 0 Å². The summed E-state index contributed by atoms with van der Waals surface area (Å²) in [5, 5.41) is 22.8. The molecule has 0 aliphatic rings. The second-order valence-electron chi connectivity index (χ2n) is 6.12. The molecule has 1 aromatic carbocycles. The van der Waals surface area contributed by atoms with Crippen molar-refractivity contribution in [2.24, 2.45) is 5.41 Å². The third-order valence-corrected chi connectivity index (χ3v) is 3.10. The van der Waals surface area contributed by atoms with E-state index in [9.17, 15) is 20.0 Å². The average Bonchev–Trinajstić information content (AvgIpc) is 2.42. The smallest absolute Gasteiger partial charge is 0.270 e. The summed E-state index contributed by atoms with van der Waals surface area (Å²) < 4.78 is 0. The number of hydrogen-bond donors (Lipinski definition) is 2. The van der Waals surface area contributed by atoms with Crippen LogP contribution in [-0.2, 0) is 4.79 Å². The molecule has 6 nitrogen and oxygen atoms in total. The Hall–Kier alpha value is -2.21. The minimum Gasteiger partial charge on any atom is -0.393 e. The molecule has 0 spiro atoms. The summed E-state index contributed by atoms with van der Waals surface area (Å²) in [5.74, 6) is -0.273. The molecule has 1 amide bonds. The SMILES string of the molecule is CC(O)CC(C)(C)CNC(=O)C=Cc1cccc([N+](=O)[O-])c1. The maximum absolute atomic E-state index is 11.8. The predicted octanol–water partition coefficient (Wildman–Crippen LogP) is 2.52. The first-order chi connectivity index (χ1) is 10.2. The van der Waals surface area contributed by atoms with Crippen LogP contribution in [0.4, 0.5) is 5.69 Å². The molecular formula is C16H22N2O4. The maximum Gasteiger partial charge on any atom is 0.270 e. The quantitative estimate of drug-likeness (QED) is 0.460. The van der Waals surface area contributed by atoms with Gasteiger partial charge in [0.05, 0.1) is 11.0 Å². The van der Waals surface area contributed by atoms with Gasteiger partial charge in [-0.25, -0.2) is 0 Å². The summed E-state index contributed by atoms with van der Waals surface area (Å²) in [6.07, 6.45) is 3.04. The molecule has 0 radical (unpaired) electrons. The molecule has 0 heterocycles. The van der Waals surface area contributed by atoms with Crippen LogP contribution >= 0.6 is 0 Å². The summed E-state index contributed by atoms with van der Waals surface area (Å²) in [4.78, 5) is 22.0. The van der Waals surface area contributed by atoms with Crippen molar-refractivity contribution in [1.29, 1.82) is 0 Å². The van der Waals surface area contributed by atoms with Crippen LogP contribution in [0.5, 0.6) is 0 Å². The number of nitro groups is 1. The highest BCUT2D eigenvalue weighted by atomic mass is 16.6. The second-order valence-corrected chi connectivity index (χ2v) is 6.12. The van der Waals surface area contributed by atoms with Gasteiger partial charge in [0.1, 0.15) is 0 Å². The van der Waals surface area contributed by atoms with E-state index in [4.69, 9.17) is 0 Å². The molecule has 1 atom stereocenters. The maximum atomic E-state index is 11.8. The predicted molar refractivity (Wildman–Crippen MR) is 85.2 cm³/mol. The van der Waals surface area contributed by atoms with Crippen molar-refractivity contribution in [2.45, 2.75) is 33.3 Å². The van der Waals surface area contributed by atoms with Crippen LogP contribution in [0.15, 0.2) is 30.3 Å². The van der Waals surface area contributed by atoms with Crippen molar-refractivity contribution in [3.8, 4) is 0 Å². The zero-order valence-corrected chi connectivity index (χ0v) is 13.1. The fraction of sp³-hybridized carbons (Fsp3) is 0.438. The van der Waals surface area contributed by atoms with Gasteiger partial charge in [0.25, 0.3) is 5.69 Å². The first-order valence-electron chi connectivity index (χ1n) is 7.08. The van der Waals surface area contributed by atoms with Gasteiger partial charge in [-0.1, -0.05) is 26.0 Å². The number of rotatable bonds is 7. The zero-order valence-electron chi connectivity index (χ0n) is 13.1. The molecule has 0 aliphatic carbocycles. The molecule has 0 aliphatic heterocycles. The first-order valence-corrected chi connectivity index (χ1v) is 7.08. The lowest BCUT2D eigenvalue weighted by Gasteiger charge is -2.26. The van der Waals surface area contributed by atoms with Gasteiger partial charge in [0.2, 0.25) is 5.91 Å². The van der Waals surface area contributed by atoms with Crippen LogP contribution in [0.25, 0.3) is 6.08 Å². The molecule has 1 rings (SSSR count). The number of carbonyl (C=O) groups is 1. The number of hydrogen-bond acceptors (Lipinski definition) is 4. The lowest BCUT2D eigenvalue weighted by Crippen LogP contribution is -2.34. The number of nitrogens with zero attached hydrogens (tertiary/aromatic N) is 1. The zero-order chi connectivity index (χ0) is 16.8. The summed E-state index contributed by atoms with van der Waals surface area (Å²) in [6.45, 7) is 6.08. The number of amides is 1. The fourth-order valence-electron chi connectivity index (χ4n) is 2.17. The van der Waals surface area contributed by atoms with E-state index >= 15 is 0 Å². The third kappa shape index (κ3) is 6.49. The highest BCUT2D eigenvalue weighted by molar-refractivity contribution is 5.91. The average molecular weight is 306 g/mol. The van der Waals surface area contributed by atoms with E-state index in [1.807, 2.05) is 13.8 Å². The van der Waals surface area contributed by atoms with E-state index < -0.39 is 11.0 Å². The highest BCUT2D eigenvalue weighted by Crippen LogP contribution is 2.21. The molecular weight excluding hydrogens is 284 g/mol. The third-order valence-electron chi connectivity index (χ3n) is 3.10. The molecule has 0 aromatic heterocycles. The van der Waals surface area contributed by atoms with Crippen LogP contribution in [0.2, 0.25) is 0 Å². The molecule has 2 N–H and O–H groups in total. The number of nitrogens with one attached hydrogen (secondary N) is 1. The molecule has 1 aromatic rings. The van der Waals surface area contributed by atoms with Gasteiger partial charge >= 0.3 is 0 Å². The Morgan fingerprint density at radius 3 is 2.77 bits per heavy atom. The minimum atomic E-state index is -0.476. The fourth-order valence-corrected chi connectivity index (χ4v) is 2.17. The van der Waals surface area contributed by atoms with E-state index in [1.54, 1.807) is 19.1 Å². The Morgan fingerprint density at radius 1 is 1.50 bits per heavy atom. The van der Waals surface area contributed by atoms with Crippen LogP contribution in [-0.4, -0.2) is 28.6 Å². The molecule has 1 unspecified atom stereocenters. The Morgan fingerprint density at radius 2 is 2.18 bits per heavy atom. The van der Waals surface area contributed by atoms with Crippen molar-refractivity contribution in [1.82, 2.24) is 5.32 Å². The monoisotopic (exact) mass is 306 g/mol. The van der Waals surface area contributed by atoms with Crippen molar-refractivity contribution in [3.05, 3.63) is 46.0 Å². The number of non-ortho nitro benzene ring substituents is 1. The van der Waals surface area contributed by atoms with Gasteiger partial charge in [-0.3, -0.25) is 14.9 Å². The standard InChI is InChI=1S/C16H22N2O4/c1-12(19)10-16(2,3)11-17-15(20)8-7-13-5-4-6-14(9-13)18(21)22/h4-9,12,19H,10-11H2,1-3H3,(H,17,20). The number of nitro benzene ring substituents is 1. The number of aliphatic hydroxyl groups excluding tert-OH is 1. The van der Waals surface area contributed by atoms with E-state index in [1.165, 1.54) is 24.3 Å². The molecule has 120 valence electrons. The second kappa shape index (κ2) is 7.70. The normalized spacial score (nSPS) is 13.1. The summed E-state index contributed by atoms with van der Waals surface area (Å²) in [6, 6.07) is 6.06. The number of carbonyl (C=O) groups excluding carboxylic acids is 1. The topological polar surface area (TPSA) is 92.5 Å². The van der Waals surface area contributed by atoms with E-state index in [-0.39, 0.29) is 17.0 Å². The van der Waals surface area contributed by atoms with Gasteiger partial charge in [-0.05, 0) is 30.4 Å². The largest absolute Gasteiger partial charge is 0.393 e. The van der Waals surface area contributed by atoms with Crippen LogP contribution in [0, 0.1) is 15.5 Å². The molecule has 22 heavy (non-hydrogen) atoms. The lowest BCUT2D eigenvalue weighted by molar-refractivity contribution is -0.384.